The molecular formula is C26H20ClN3O3S2. The zero-order valence-electron chi connectivity index (χ0n) is 18.8. The number of fused-ring (bicyclic) bond motifs is 1. The van der Waals surface area contributed by atoms with Gasteiger partial charge in [0.2, 0.25) is 0 Å². The van der Waals surface area contributed by atoms with Crippen LogP contribution >= 0.6 is 34.3 Å². The van der Waals surface area contributed by atoms with Gasteiger partial charge in [0.05, 0.1) is 41.2 Å². The van der Waals surface area contributed by atoms with E-state index in [2.05, 4.69) is 5.32 Å². The highest BCUT2D eigenvalue weighted by Crippen LogP contribution is 2.43. The van der Waals surface area contributed by atoms with Crippen molar-refractivity contribution in [2.75, 3.05) is 25.3 Å². The van der Waals surface area contributed by atoms with E-state index in [9.17, 15) is 4.79 Å². The maximum Gasteiger partial charge on any atom is 0.267 e. The van der Waals surface area contributed by atoms with Gasteiger partial charge in [-0.3, -0.25) is 4.79 Å². The number of ether oxygens (including phenoxy) is 2. The summed E-state index contributed by atoms with van der Waals surface area (Å²) in [5, 5.41) is 6.03. The Morgan fingerprint density at radius 1 is 1.03 bits per heavy atom. The summed E-state index contributed by atoms with van der Waals surface area (Å²) in [5.41, 5.74) is 10.00. The van der Waals surface area contributed by atoms with E-state index in [1.54, 1.807) is 49.8 Å². The number of nitrogens with two attached hydrogens (primary N) is 1. The van der Waals surface area contributed by atoms with Crippen LogP contribution in [0.2, 0.25) is 5.02 Å². The van der Waals surface area contributed by atoms with Crippen LogP contribution in [0.25, 0.3) is 31.9 Å². The van der Waals surface area contributed by atoms with Gasteiger partial charge in [-0.25, -0.2) is 4.98 Å². The lowest BCUT2D eigenvalue weighted by molar-refractivity contribution is 0.103. The standard InChI is InChI=1S/C26H20ClN3O3S2/c1-32-19-10-9-14(12-20(19)33-2)15-13-18(21-8-5-11-34-21)30-26-22(15)23(28)24(35-26)25(31)29-17-7-4-3-6-16(17)27/h3-13H,28H2,1-2H3,(H,29,31). The number of aromatic nitrogens is 1. The molecule has 35 heavy (non-hydrogen) atoms. The molecule has 5 aromatic rings. The van der Waals surface area contributed by atoms with E-state index in [0.717, 1.165) is 21.7 Å². The minimum Gasteiger partial charge on any atom is -0.493 e. The fourth-order valence-electron chi connectivity index (χ4n) is 3.81. The van der Waals surface area contributed by atoms with Crippen molar-refractivity contribution in [1.82, 2.24) is 4.98 Å². The zero-order valence-corrected chi connectivity index (χ0v) is 21.2. The van der Waals surface area contributed by atoms with E-state index in [1.165, 1.54) is 11.3 Å². The summed E-state index contributed by atoms with van der Waals surface area (Å²) in [6.07, 6.45) is 0. The van der Waals surface area contributed by atoms with Crippen LogP contribution in [0.15, 0.2) is 66.0 Å². The van der Waals surface area contributed by atoms with Crippen LogP contribution in [0.3, 0.4) is 0 Å². The van der Waals surface area contributed by atoms with E-state index in [4.69, 9.17) is 31.8 Å². The Bertz CT molecular complexity index is 1550. The lowest BCUT2D eigenvalue weighted by atomic mass is 10.0. The average Bonchev–Trinajstić information content (AvgIpc) is 3.53. The molecule has 0 saturated carbocycles. The molecular weight excluding hydrogens is 502 g/mol. The van der Waals surface area contributed by atoms with E-state index in [1.807, 2.05) is 41.8 Å². The maximum absolute atomic E-state index is 13.2. The Morgan fingerprint density at radius 2 is 1.83 bits per heavy atom. The highest BCUT2D eigenvalue weighted by atomic mass is 35.5. The number of nitrogens with one attached hydrogen (secondary N) is 1. The van der Waals surface area contributed by atoms with Crippen molar-refractivity contribution < 1.29 is 14.3 Å². The Morgan fingerprint density at radius 3 is 2.54 bits per heavy atom. The molecule has 0 spiro atoms. The number of methoxy groups -OCH3 is 2. The third kappa shape index (κ3) is 4.32. The van der Waals surface area contributed by atoms with Crippen LogP contribution < -0.4 is 20.5 Å². The van der Waals surface area contributed by atoms with Crippen LogP contribution in [-0.4, -0.2) is 25.1 Å². The van der Waals surface area contributed by atoms with Crippen molar-refractivity contribution >= 4 is 61.8 Å². The van der Waals surface area contributed by atoms with Gasteiger partial charge in [0.1, 0.15) is 9.71 Å². The molecule has 0 radical (unpaired) electrons. The van der Waals surface area contributed by atoms with Crippen LogP contribution in [-0.2, 0) is 0 Å². The number of rotatable bonds is 6. The second kappa shape index (κ2) is 9.58. The fourth-order valence-corrected chi connectivity index (χ4v) is 5.70. The number of hydrogen-bond acceptors (Lipinski definition) is 7. The first-order valence-electron chi connectivity index (χ1n) is 10.5. The zero-order chi connectivity index (χ0) is 24.5. The third-order valence-corrected chi connectivity index (χ3v) is 7.82. The first kappa shape index (κ1) is 23.2. The molecule has 3 heterocycles. The number of carbonyl (C=O) groups is 1. The first-order chi connectivity index (χ1) is 17.0. The quantitative estimate of drug-likeness (QED) is 0.247. The number of anilines is 2. The largest absolute Gasteiger partial charge is 0.493 e. The molecule has 1 amide bonds. The smallest absolute Gasteiger partial charge is 0.267 e. The maximum atomic E-state index is 13.2. The Kier molecular flexibility index (Phi) is 6.34. The molecule has 2 aromatic carbocycles. The molecule has 0 atom stereocenters. The van der Waals surface area contributed by atoms with Crippen LogP contribution in [0.1, 0.15) is 9.67 Å². The lowest BCUT2D eigenvalue weighted by Crippen LogP contribution is -2.12. The van der Waals surface area contributed by atoms with Crippen LogP contribution in [0.5, 0.6) is 11.5 Å². The average molecular weight is 522 g/mol. The predicted molar refractivity (Wildman–Crippen MR) is 145 cm³/mol. The van der Waals surface area contributed by atoms with Gasteiger partial charge in [0.25, 0.3) is 5.91 Å². The normalized spacial score (nSPS) is 10.9. The highest BCUT2D eigenvalue weighted by Gasteiger charge is 2.23. The molecule has 0 aliphatic rings. The van der Waals surface area contributed by atoms with Crippen molar-refractivity contribution in [3.8, 4) is 33.2 Å². The number of pyridine rings is 1. The van der Waals surface area contributed by atoms with Crippen LogP contribution in [0.4, 0.5) is 11.4 Å². The minimum absolute atomic E-state index is 0.338. The molecule has 0 saturated heterocycles. The third-order valence-electron chi connectivity index (χ3n) is 5.50. The van der Waals surface area contributed by atoms with Gasteiger partial charge < -0.3 is 20.5 Å². The number of amides is 1. The highest BCUT2D eigenvalue weighted by molar-refractivity contribution is 7.21. The number of thiophene rings is 2. The molecule has 176 valence electrons. The minimum atomic E-state index is -0.338. The Labute approximate surface area is 214 Å². The molecule has 0 unspecified atom stereocenters. The van der Waals surface area contributed by atoms with Gasteiger partial charge in [-0.05, 0) is 52.9 Å². The van der Waals surface area contributed by atoms with Crippen LogP contribution in [0, 0.1) is 0 Å². The molecule has 6 nitrogen and oxygen atoms in total. The second-order valence-electron chi connectivity index (χ2n) is 7.56. The van der Waals surface area contributed by atoms with Gasteiger partial charge >= 0.3 is 0 Å². The topological polar surface area (TPSA) is 86.5 Å². The van der Waals surface area contributed by atoms with E-state index < -0.39 is 0 Å². The number of para-hydroxylation sites is 1. The number of carbonyl (C=O) groups excluding carboxylic acids is 1. The molecule has 0 aliphatic heterocycles. The summed E-state index contributed by atoms with van der Waals surface area (Å²) < 4.78 is 10.9. The molecule has 3 N–H and O–H groups in total. The summed E-state index contributed by atoms with van der Waals surface area (Å²) in [6.45, 7) is 0. The van der Waals surface area contributed by atoms with E-state index in [-0.39, 0.29) is 5.91 Å². The van der Waals surface area contributed by atoms with Crippen molar-refractivity contribution in [2.45, 2.75) is 0 Å². The van der Waals surface area contributed by atoms with Gasteiger partial charge in [0.15, 0.2) is 11.5 Å². The summed E-state index contributed by atoms with van der Waals surface area (Å²) in [7, 11) is 3.19. The summed E-state index contributed by atoms with van der Waals surface area (Å²) in [6, 6.07) is 18.7. The SMILES string of the molecule is COc1ccc(-c2cc(-c3cccs3)nc3sc(C(=O)Nc4ccccc4Cl)c(N)c23)cc1OC. The molecule has 5 rings (SSSR count). The summed E-state index contributed by atoms with van der Waals surface area (Å²) >= 11 is 9.08. The number of benzene rings is 2. The fraction of sp³-hybridized carbons (Fsp3) is 0.0769. The Hall–Kier alpha value is -3.59. The second-order valence-corrected chi connectivity index (χ2v) is 9.92. The predicted octanol–water partition coefficient (Wildman–Crippen LogP) is 7.20. The van der Waals surface area contributed by atoms with Gasteiger partial charge in [-0.15, -0.1) is 22.7 Å². The summed E-state index contributed by atoms with van der Waals surface area (Å²) in [4.78, 5) is 20.1. The number of halogens is 1. The number of nitrogens with zero attached hydrogens (tertiary/aromatic N) is 1. The molecule has 0 aliphatic carbocycles. The lowest BCUT2D eigenvalue weighted by Gasteiger charge is -2.12. The molecule has 3 aromatic heterocycles. The van der Waals surface area contributed by atoms with E-state index in [0.29, 0.717) is 43.0 Å². The Balaban J connectivity index is 1.69. The van der Waals surface area contributed by atoms with E-state index >= 15 is 0 Å². The molecule has 0 fully saturated rings. The number of nitrogen functional groups attached to an aromatic ring is 1. The summed E-state index contributed by atoms with van der Waals surface area (Å²) in [5.74, 6) is 0.880. The van der Waals surface area contributed by atoms with Gasteiger partial charge in [0, 0.05) is 5.39 Å². The van der Waals surface area contributed by atoms with Crippen molar-refractivity contribution in [3.05, 3.63) is 75.9 Å². The first-order valence-corrected chi connectivity index (χ1v) is 12.6. The molecule has 9 heteroatoms. The van der Waals surface area contributed by atoms with Crippen molar-refractivity contribution in [1.29, 1.82) is 0 Å². The van der Waals surface area contributed by atoms with Gasteiger partial charge in [-0.1, -0.05) is 35.9 Å². The van der Waals surface area contributed by atoms with Gasteiger partial charge in [-0.2, -0.15) is 0 Å². The molecule has 0 bridgehead atoms. The number of hydrogen-bond donors (Lipinski definition) is 2. The van der Waals surface area contributed by atoms with Crippen molar-refractivity contribution in [2.24, 2.45) is 0 Å². The monoisotopic (exact) mass is 521 g/mol. The van der Waals surface area contributed by atoms with Crippen molar-refractivity contribution in [3.63, 3.8) is 0 Å².